The van der Waals surface area contributed by atoms with Gasteiger partial charge in [-0.25, -0.2) is 0 Å². The van der Waals surface area contributed by atoms with Gasteiger partial charge in [0.1, 0.15) is 5.58 Å². The molecule has 1 aliphatic heterocycles. The lowest BCUT2D eigenvalue weighted by molar-refractivity contribution is -0.125. The Balaban J connectivity index is 1.63. The summed E-state index contributed by atoms with van der Waals surface area (Å²) in [5.74, 6) is -0.0723. The van der Waals surface area contributed by atoms with Gasteiger partial charge in [0.25, 0.3) is 0 Å². The van der Waals surface area contributed by atoms with E-state index in [0.29, 0.717) is 24.5 Å². The number of hydrogen-bond donors (Lipinski definition) is 2. The smallest absolute Gasteiger partial charge is 0.237 e. The van der Waals surface area contributed by atoms with Crippen molar-refractivity contribution in [1.29, 1.82) is 0 Å². The van der Waals surface area contributed by atoms with Gasteiger partial charge in [0.2, 0.25) is 11.8 Å². The molecule has 6 nitrogen and oxygen atoms in total. The molecule has 0 unspecified atom stereocenters. The van der Waals surface area contributed by atoms with Gasteiger partial charge >= 0.3 is 0 Å². The molecule has 2 atom stereocenters. The molecule has 2 N–H and O–H groups in total. The Morgan fingerprint density at radius 1 is 1.38 bits per heavy atom. The lowest BCUT2D eigenvalue weighted by atomic mass is 10.1. The first-order valence-corrected chi connectivity index (χ1v) is 9.20. The molecule has 3 rings (SSSR count). The Labute approximate surface area is 157 Å². The van der Waals surface area contributed by atoms with Crippen LogP contribution in [-0.4, -0.2) is 48.9 Å². The van der Waals surface area contributed by atoms with E-state index in [4.69, 9.17) is 16.0 Å². The van der Waals surface area contributed by atoms with Gasteiger partial charge in [0.05, 0.1) is 18.7 Å². The molecule has 0 spiro atoms. The number of carbonyl (C=O) groups is 2. The zero-order chi connectivity index (χ0) is 18.8. The van der Waals surface area contributed by atoms with Crippen LogP contribution in [0.4, 0.5) is 0 Å². The van der Waals surface area contributed by atoms with Crippen LogP contribution in [0.15, 0.2) is 22.8 Å². The predicted molar refractivity (Wildman–Crippen MR) is 101 cm³/mol. The number of rotatable bonds is 5. The van der Waals surface area contributed by atoms with Crippen LogP contribution in [0.3, 0.4) is 0 Å². The van der Waals surface area contributed by atoms with Crippen molar-refractivity contribution in [3.05, 3.63) is 34.5 Å². The van der Waals surface area contributed by atoms with Gasteiger partial charge in [-0.2, -0.15) is 0 Å². The van der Waals surface area contributed by atoms with Gasteiger partial charge in [-0.15, -0.1) is 0 Å². The Hall–Kier alpha value is -2.05. The van der Waals surface area contributed by atoms with Crippen molar-refractivity contribution in [3.8, 4) is 0 Å². The van der Waals surface area contributed by atoms with E-state index >= 15 is 0 Å². The highest BCUT2D eigenvalue weighted by Gasteiger charge is 2.34. The maximum absolute atomic E-state index is 12.5. The number of aryl methyl sites for hydroxylation is 1. The topological polar surface area (TPSA) is 74.6 Å². The number of hydrogen-bond acceptors (Lipinski definition) is 4. The highest BCUT2D eigenvalue weighted by atomic mass is 35.5. The highest BCUT2D eigenvalue weighted by molar-refractivity contribution is 6.32. The van der Waals surface area contributed by atoms with E-state index in [1.54, 1.807) is 6.26 Å². The van der Waals surface area contributed by atoms with Crippen LogP contribution in [-0.2, 0) is 16.0 Å². The Morgan fingerprint density at radius 3 is 2.88 bits per heavy atom. The molecule has 7 heteroatoms. The van der Waals surface area contributed by atoms with E-state index in [-0.39, 0.29) is 30.3 Å². The van der Waals surface area contributed by atoms with Crippen molar-refractivity contribution in [1.82, 2.24) is 15.5 Å². The van der Waals surface area contributed by atoms with Crippen LogP contribution in [0.5, 0.6) is 0 Å². The number of fused-ring (bicyclic) bond motifs is 1. The van der Waals surface area contributed by atoms with Crippen molar-refractivity contribution in [2.24, 2.45) is 0 Å². The quantitative estimate of drug-likeness (QED) is 0.838. The number of nitrogens with one attached hydrogen (secondary N) is 2. The second kappa shape index (κ2) is 7.68. The van der Waals surface area contributed by atoms with Gasteiger partial charge in [-0.1, -0.05) is 11.6 Å². The molecule has 1 saturated heterocycles. The summed E-state index contributed by atoms with van der Waals surface area (Å²) < 4.78 is 5.55. The molecule has 2 aromatic rings. The van der Waals surface area contributed by atoms with E-state index in [2.05, 4.69) is 10.6 Å². The molecule has 0 bridgehead atoms. The van der Waals surface area contributed by atoms with Gasteiger partial charge < -0.3 is 15.1 Å². The number of nitrogens with zero attached hydrogens (tertiary/aromatic N) is 1. The van der Waals surface area contributed by atoms with Crippen molar-refractivity contribution < 1.29 is 14.0 Å². The van der Waals surface area contributed by atoms with Gasteiger partial charge in [-0.05, 0) is 45.0 Å². The first kappa shape index (κ1) is 18.7. The predicted octanol–water partition coefficient (Wildman–Crippen LogP) is 2.26. The lowest BCUT2D eigenvalue weighted by Crippen LogP contribution is -2.41. The maximum Gasteiger partial charge on any atom is 0.237 e. The van der Waals surface area contributed by atoms with E-state index in [1.165, 1.54) is 0 Å². The highest BCUT2D eigenvalue weighted by Crippen LogP contribution is 2.28. The number of amides is 2. The van der Waals surface area contributed by atoms with Gasteiger partial charge in [0.15, 0.2) is 0 Å². The molecule has 0 aliphatic carbocycles. The second-order valence-electron chi connectivity index (χ2n) is 6.89. The monoisotopic (exact) mass is 377 g/mol. The zero-order valence-corrected chi connectivity index (χ0v) is 16.0. The minimum absolute atomic E-state index is 0.0117. The van der Waals surface area contributed by atoms with Crippen molar-refractivity contribution in [2.45, 2.75) is 38.8 Å². The summed E-state index contributed by atoms with van der Waals surface area (Å²) in [7, 11) is 1.90. The SMILES string of the molecule is CCNC(=O)[C@@H]1C[C@@H](NC(=O)Cc2coc3cc(C)c(Cl)cc23)CN1C. The molecular weight excluding hydrogens is 354 g/mol. The molecule has 1 aromatic carbocycles. The summed E-state index contributed by atoms with van der Waals surface area (Å²) >= 11 is 6.19. The molecule has 1 fully saturated rings. The Bertz CT molecular complexity index is 833. The summed E-state index contributed by atoms with van der Waals surface area (Å²) in [6.45, 7) is 5.08. The van der Waals surface area contributed by atoms with Crippen molar-refractivity contribution in [3.63, 3.8) is 0 Å². The number of halogens is 1. The van der Waals surface area contributed by atoms with Crippen molar-refractivity contribution >= 4 is 34.4 Å². The summed E-state index contributed by atoms with van der Waals surface area (Å²) in [4.78, 5) is 26.5. The number of benzene rings is 1. The molecule has 0 saturated carbocycles. The minimum Gasteiger partial charge on any atom is -0.464 e. The van der Waals surface area contributed by atoms with Crippen LogP contribution in [0.25, 0.3) is 11.0 Å². The summed E-state index contributed by atoms with van der Waals surface area (Å²) in [6.07, 6.45) is 2.45. The molecule has 2 amide bonds. The van der Waals surface area contributed by atoms with E-state index in [9.17, 15) is 9.59 Å². The fraction of sp³-hybridized carbons (Fsp3) is 0.474. The zero-order valence-electron chi connectivity index (χ0n) is 15.3. The first-order valence-electron chi connectivity index (χ1n) is 8.82. The van der Waals surface area contributed by atoms with Crippen LogP contribution in [0, 0.1) is 6.92 Å². The van der Waals surface area contributed by atoms with Gasteiger partial charge in [0, 0.05) is 35.1 Å². The maximum atomic E-state index is 12.5. The second-order valence-corrected chi connectivity index (χ2v) is 7.29. The summed E-state index contributed by atoms with van der Waals surface area (Å²) in [5, 5.41) is 7.39. The standard InChI is InChI=1S/C19H24ClN3O3/c1-4-21-19(25)16-7-13(9-23(16)3)22-18(24)6-12-10-26-17-5-11(2)15(20)8-14(12)17/h5,8,10,13,16H,4,6-7,9H2,1-3H3,(H,21,25)(H,22,24)/t13-,16+/m1/s1. The fourth-order valence-corrected chi connectivity index (χ4v) is 3.66. The third-order valence-corrected chi connectivity index (χ3v) is 5.26. The van der Waals surface area contributed by atoms with Crippen molar-refractivity contribution in [2.75, 3.05) is 20.1 Å². The number of furan rings is 1. The number of carbonyl (C=O) groups excluding carboxylic acids is 2. The van der Waals surface area contributed by atoms with Crippen LogP contribution < -0.4 is 10.6 Å². The largest absolute Gasteiger partial charge is 0.464 e. The van der Waals surface area contributed by atoms with Crippen LogP contribution in [0.2, 0.25) is 5.02 Å². The molecular formula is C19H24ClN3O3. The first-order chi connectivity index (χ1) is 12.4. The number of likely N-dealkylation sites (N-methyl/N-ethyl adjacent to an activating group) is 2. The third-order valence-electron chi connectivity index (χ3n) is 4.85. The van der Waals surface area contributed by atoms with E-state index < -0.39 is 0 Å². The number of likely N-dealkylation sites (tertiary alicyclic amines) is 1. The molecule has 1 aromatic heterocycles. The Kier molecular flexibility index (Phi) is 5.53. The molecule has 140 valence electrons. The molecule has 0 radical (unpaired) electrons. The van der Waals surface area contributed by atoms with E-state index in [1.807, 2.05) is 37.9 Å². The fourth-order valence-electron chi connectivity index (χ4n) is 3.49. The average molecular weight is 378 g/mol. The Morgan fingerprint density at radius 2 is 2.15 bits per heavy atom. The molecule has 2 heterocycles. The summed E-state index contributed by atoms with van der Waals surface area (Å²) in [5.41, 5.74) is 2.48. The van der Waals surface area contributed by atoms with E-state index in [0.717, 1.165) is 22.1 Å². The van der Waals surface area contributed by atoms with Gasteiger partial charge in [-0.3, -0.25) is 14.5 Å². The molecule has 26 heavy (non-hydrogen) atoms. The molecule has 1 aliphatic rings. The summed E-state index contributed by atoms with van der Waals surface area (Å²) in [6, 6.07) is 3.48. The average Bonchev–Trinajstić information content (AvgIpc) is 3.12. The normalized spacial score (nSPS) is 20.5. The minimum atomic E-state index is -0.197. The van der Waals surface area contributed by atoms with Crippen LogP contribution in [0.1, 0.15) is 24.5 Å². The van der Waals surface area contributed by atoms with Crippen LogP contribution >= 0.6 is 11.6 Å². The lowest BCUT2D eigenvalue weighted by Gasteiger charge is -2.17. The third kappa shape index (κ3) is 3.86.